The average Bonchev–Trinajstić information content (AvgIpc) is 3.45. The van der Waals surface area contributed by atoms with Gasteiger partial charge in [-0.15, -0.1) is 0 Å². The summed E-state index contributed by atoms with van der Waals surface area (Å²) in [6.45, 7) is 1.16. The minimum absolute atomic E-state index is 0.343. The van der Waals surface area contributed by atoms with Gasteiger partial charge in [-0.3, -0.25) is 4.90 Å². The number of hydrogen-bond acceptors (Lipinski definition) is 5. The van der Waals surface area contributed by atoms with Gasteiger partial charge in [-0.25, -0.2) is 0 Å². The number of aromatic nitrogens is 2. The van der Waals surface area contributed by atoms with Gasteiger partial charge in [-0.2, -0.15) is 4.98 Å². The van der Waals surface area contributed by atoms with Crippen LogP contribution in [0.5, 0.6) is 5.75 Å². The van der Waals surface area contributed by atoms with Crippen LogP contribution in [-0.4, -0.2) is 34.7 Å². The predicted octanol–water partition coefficient (Wildman–Crippen LogP) is 4.36. The van der Waals surface area contributed by atoms with Gasteiger partial charge in [0.1, 0.15) is 5.75 Å². The Balaban J connectivity index is 1.36. The highest BCUT2D eigenvalue weighted by Gasteiger charge is 2.46. The van der Waals surface area contributed by atoms with E-state index in [-0.39, 0.29) is 0 Å². The van der Waals surface area contributed by atoms with Gasteiger partial charge in [-0.1, -0.05) is 47.6 Å². The predicted molar refractivity (Wildman–Crippen MR) is 106 cm³/mol. The van der Waals surface area contributed by atoms with Crippen molar-refractivity contribution in [2.75, 3.05) is 13.7 Å². The molecule has 3 atom stereocenters. The van der Waals surface area contributed by atoms with Crippen molar-refractivity contribution < 1.29 is 9.26 Å². The van der Waals surface area contributed by atoms with E-state index in [2.05, 4.69) is 46.5 Å². The molecular weight excluding hydrogens is 350 g/mol. The fraction of sp³-hybridized carbons (Fsp3) is 0.391. The standard InChI is InChI=1S/C23H25N3O2/c1-27-18-10-5-7-16(13-18)14-22-24-23(25-28-22)19-15-21(17-8-3-2-4-9-17)26-12-6-11-20(19)26/h2-5,7-10,13,19-21H,6,11-12,14-15H2,1H3/t19-,20+,21-/m0/s1. The number of methoxy groups -OCH3 is 1. The van der Waals surface area contributed by atoms with Crippen molar-refractivity contribution in [1.29, 1.82) is 0 Å². The average molecular weight is 375 g/mol. The van der Waals surface area contributed by atoms with Crippen LogP contribution in [0.3, 0.4) is 0 Å². The fourth-order valence-electron chi connectivity index (χ4n) is 4.89. The van der Waals surface area contributed by atoms with Crippen molar-refractivity contribution in [3.8, 4) is 5.75 Å². The van der Waals surface area contributed by atoms with Gasteiger partial charge in [0, 0.05) is 18.0 Å². The SMILES string of the molecule is COc1cccc(Cc2nc([C@H]3C[C@@H](c4ccccc4)N4CCC[C@H]34)no2)c1. The first-order chi connectivity index (χ1) is 13.8. The normalized spacial score (nSPS) is 24.4. The molecule has 0 amide bonds. The molecule has 3 heterocycles. The van der Waals surface area contributed by atoms with E-state index in [0.29, 0.717) is 30.3 Å². The zero-order chi connectivity index (χ0) is 18.9. The van der Waals surface area contributed by atoms with Gasteiger partial charge in [0.15, 0.2) is 5.82 Å². The summed E-state index contributed by atoms with van der Waals surface area (Å²) < 4.78 is 10.9. The van der Waals surface area contributed by atoms with Crippen LogP contribution >= 0.6 is 0 Å². The molecule has 0 saturated carbocycles. The maximum Gasteiger partial charge on any atom is 0.231 e. The molecule has 2 aliphatic rings. The third-order valence-electron chi connectivity index (χ3n) is 6.17. The molecule has 5 nitrogen and oxygen atoms in total. The van der Waals surface area contributed by atoms with E-state index in [0.717, 1.165) is 30.1 Å². The molecule has 2 saturated heterocycles. The lowest BCUT2D eigenvalue weighted by molar-refractivity contribution is 0.243. The fourth-order valence-corrected chi connectivity index (χ4v) is 4.89. The second-order valence-corrected chi connectivity index (χ2v) is 7.79. The number of benzene rings is 2. The Kier molecular flexibility index (Phi) is 4.61. The highest BCUT2D eigenvalue weighted by atomic mass is 16.5. The van der Waals surface area contributed by atoms with Crippen LogP contribution in [0, 0.1) is 0 Å². The van der Waals surface area contributed by atoms with Crippen molar-refractivity contribution in [2.24, 2.45) is 0 Å². The zero-order valence-electron chi connectivity index (χ0n) is 16.1. The van der Waals surface area contributed by atoms with E-state index in [1.54, 1.807) is 7.11 Å². The Labute approximate surface area is 165 Å². The van der Waals surface area contributed by atoms with Crippen molar-refractivity contribution in [3.63, 3.8) is 0 Å². The van der Waals surface area contributed by atoms with Crippen LogP contribution in [0.25, 0.3) is 0 Å². The van der Waals surface area contributed by atoms with Crippen LogP contribution in [0.1, 0.15) is 54.1 Å². The second-order valence-electron chi connectivity index (χ2n) is 7.79. The molecule has 2 aliphatic heterocycles. The molecular formula is C23H25N3O2. The zero-order valence-corrected chi connectivity index (χ0v) is 16.1. The van der Waals surface area contributed by atoms with E-state index in [1.807, 2.05) is 18.2 Å². The first kappa shape index (κ1) is 17.4. The molecule has 144 valence electrons. The smallest absolute Gasteiger partial charge is 0.231 e. The molecule has 0 bridgehead atoms. The lowest BCUT2D eigenvalue weighted by atomic mass is 9.94. The van der Waals surface area contributed by atoms with Crippen LogP contribution < -0.4 is 4.74 Å². The van der Waals surface area contributed by atoms with Crippen molar-refractivity contribution >= 4 is 0 Å². The van der Waals surface area contributed by atoms with Crippen LogP contribution in [0.4, 0.5) is 0 Å². The number of rotatable bonds is 5. The summed E-state index contributed by atoms with van der Waals surface area (Å²) >= 11 is 0. The molecule has 1 aromatic heterocycles. The molecule has 2 aromatic carbocycles. The maximum atomic E-state index is 5.62. The quantitative estimate of drug-likeness (QED) is 0.663. The first-order valence-electron chi connectivity index (χ1n) is 10.1. The van der Waals surface area contributed by atoms with Gasteiger partial charge in [0.2, 0.25) is 5.89 Å². The molecule has 0 aliphatic carbocycles. The summed E-state index contributed by atoms with van der Waals surface area (Å²) in [5, 5.41) is 4.38. The van der Waals surface area contributed by atoms with Gasteiger partial charge in [0.05, 0.1) is 13.5 Å². The second kappa shape index (κ2) is 7.40. The molecule has 3 aromatic rings. The van der Waals surface area contributed by atoms with E-state index in [1.165, 1.54) is 18.4 Å². The van der Waals surface area contributed by atoms with E-state index in [4.69, 9.17) is 14.2 Å². The summed E-state index contributed by atoms with van der Waals surface area (Å²) in [5.74, 6) is 2.74. The Morgan fingerprint density at radius 1 is 1.14 bits per heavy atom. The van der Waals surface area contributed by atoms with Crippen LogP contribution in [0.2, 0.25) is 0 Å². The molecule has 0 N–H and O–H groups in total. The summed E-state index contributed by atoms with van der Waals surface area (Å²) in [5.41, 5.74) is 2.52. The number of ether oxygens (including phenoxy) is 1. The molecule has 5 rings (SSSR count). The lowest BCUT2D eigenvalue weighted by Gasteiger charge is -2.24. The van der Waals surface area contributed by atoms with Gasteiger partial charge in [0.25, 0.3) is 0 Å². The molecule has 2 fully saturated rings. The highest BCUT2D eigenvalue weighted by molar-refractivity contribution is 5.30. The molecule has 5 heteroatoms. The van der Waals surface area contributed by atoms with Crippen molar-refractivity contribution in [3.05, 3.63) is 77.4 Å². The molecule has 0 radical (unpaired) electrons. The number of hydrogen-bond donors (Lipinski definition) is 0. The molecule has 0 unspecified atom stereocenters. The number of nitrogens with zero attached hydrogens (tertiary/aromatic N) is 3. The minimum atomic E-state index is 0.343. The first-order valence-corrected chi connectivity index (χ1v) is 10.1. The van der Waals surface area contributed by atoms with Crippen LogP contribution in [0.15, 0.2) is 59.1 Å². The van der Waals surface area contributed by atoms with E-state index >= 15 is 0 Å². The Morgan fingerprint density at radius 3 is 2.89 bits per heavy atom. The molecule has 28 heavy (non-hydrogen) atoms. The summed E-state index contributed by atoms with van der Waals surface area (Å²) in [4.78, 5) is 7.44. The topological polar surface area (TPSA) is 51.4 Å². The van der Waals surface area contributed by atoms with Gasteiger partial charge >= 0.3 is 0 Å². The summed E-state index contributed by atoms with van der Waals surface area (Å²) in [6, 6.07) is 19.8. The highest BCUT2D eigenvalue weighted by Crippen LogP contribution is 2.48. The lowest BCUT2D eigenvalue weighted by Crippen LogP contribution is -2.27. The van der Waals surface area contributed by atoms with Crippen LogP contribution in [-0.2, 0) is 6.42 Å². The third-order valence-corrected chi connectivity index (χ3v) is 6.17. The Bertz CT molecular complexity index is 940. The monoisotopic (exact) mass is 375 g/mol. The largest absolute Gasteiger partial charge is 0.497 e. The Hall–Kier alpha value is -2.66. The number of fused-ring (bicyclic) bond motifs is 1. The van der Waals surface area contributed by atoms with E-state index < -0.39 is 0 Å². The summed E-state index contributed by atoms with van der Waals surface area (Å²) in [7, 11) is 1.68. The Morgan fingerprint density at radius 2 is 2.04 bits per heavy atom. The maximum absolute atomic E-state index is 5.62. The summed E-state index contributed by atoms with van der Waals surface area (Å²) in [6.07, 6.45) is 4.16. The van der Waals surface area contributed by atoms with E-state index in [9.17, 15) is 0 Å². The van der Waals surface area contributed by atoms with Crippen molar-refractivity contribution in [1.82, 2.24) is 15.0 Å². The van der Waals surface area contributed by atoms with Gasteiger partial charge < -0.3 is 9.26 Å². The van der Waals surface area contributed by atoms with Crippen molar-refractivity contribution in [2.45, 2.75) is 43.7 Å². The third kappa shape index (κ3) is 3.20. The van der Waals surface area contributed by atoms with Gasteiger partial charge in [-0.05, 0) is 49.1 Å². The minimum Gasteiger partial charge on any atom is -0.497 e. The molecule has 0 spiro atoms.